The van der Waals surface area contributed by atoms with Crippen LogP contribution in [0.1, 0.15) is 6.92 Å². The van der Waals surface area contributed by atoms with E-state index >= 15 is 0 Å². The minimum atomic E-state index is -1.83. The third-order valence-electron chi connectivity index (χ3n) is 7.27. The molecule has 0 radical (unpaired) electrons. The summed E-state index contributed by atoms with van der Waals surface area (Å²) in [4.78, 5) is 13.6. The van der Waals surface area contributed by atoms with Crippen molar-refractivity contribution in [1.82, 2.24) is 0 Å². The summed E-state index contributed by atoms with van der Waals surface area (Å²) in [5.74, 6) is -3.05. The van der Waals surface area contributed by atoms with Crippen LogP contribution in [0.15, 0.2) is 39.5 Å². The molecule has 10 atom stereocenters. The van der Waals surface area contributed by atoms with Gasteiger partial charge < -0.3 is 74.4 Å². The molecule has 0 saturated carbocycles. The highest BCUT2D eigenvalue weighted by atomic mass is 16.7. The molecule has 0 bridgehead atoms. The fourth-order valence-electron chi connectivity index (χ4n) is 4.84. The average Bonchev–Trinajstić information content (AvgIpc) is 2.96. The second-order valence-corrected chi connectivity index (χ2v) is 10.2. The number of ether oxygens (including phenoxy) is 4. The van der Waals surface area contributed by atoms with Gasteiger partial charge in [0.1, 0.15) is 65.2 Å². The summed E-state index contributed by atoms with van der Waals surface area (Å²) >= 11 is 0. The van der Waals surface area contributed by atoms with Crippen molar-refractivity contribution in [2.75, 3.05) is 6.61 Å². The number of benzene rings is 2. The van der Waals surface area contributed by atoms with Crippen LogP contribution in [-0.4, -0.2) is 119 Å². The minimum absolute atomic E-state index is 0.0468. The zero-order valence-corrected chi connectivity index (χ0v) is 22.3. The lowest BCUT2D eigenvalue weighted by atomic mass is 9.99. The molecule has 2 aromatic carbocycles. The molecule has 10 N–H and O–H groups in total. The van der Waals surface area contributed by atoms with Crippen LogP contribution < -0.4 is 14.9 Å². The van der Waals surface area contributed by atoms with Crippen molar-refractivity contribution in [2.24, 2.45) is 0 Å². The summed E-state index contributed by atoms with van der Waals surface area (Å²) in [5.41, 5.74) is -1.33. The number of fused-ring (bicyclic) bond motifs is 1. The van der Waals surface area contributed by atoms with Crippen molar-refractivity contribution in [1.29, 1.82) is 0 Å². The Hall–Kier alpha value is -3.71. The lowest BCUT2D eigenvalue weighted by molar-refractivity contribution is -0.277. The highest BCUT2D eigenvalue weighted by Crippen LogP contribution is 2.40. The van der Waals surface area contributed by atoms with Crippen molar-refractivity contribution in [3.05, 3.63) is 40.6 Å². The monoisotopic (exact) mass is 610 g/mol. The Labute approximate surface area is 241 Å². The van der Waals surface area contributed by atoms with E-state index < -0.39 is 102 Å². The summed E-state index contributed by atoms with van der Waals surface area (Å²) in [6, 6.07) is 5.38. The van der Waals surface area contributed by atoms with E-state index in [-0.39, 0.29) is 22.7 Å². The van der Waals surface area contributed by atoms with Gasteiger partial charge >= 0.3 is 0 Å². The first kappa shape index (κ1) is 30.7. The molecule has 0 aliphatic carbocycles. The first-order valence-electron chi connectivity index (χ1n) is 13.0. The number of phenolic OH excluding ortho intramolecular Hbond substituents is 3. The molecule has 2 aliphatic rings. The van der Waals surface area contributed by atoms with Gasteiger partial charge in [-0.3, -0.25) is 4.79 Å². The molecule has 2 aliphatic heterocycles. The molecule has 2 fully saturated rings. The van der Waals surface area contributed by atoms with Gasteiger partial charge in [0.15, 0.2) is 17.3 Å². The van der Waals surface area contributed by atoms with E-state index in [1.54, 1.807) is 0 Å². The summed E-state index contributed by atoms with van der Waals surface area (Å²) in [6.45, 7) is 0.680. The Morgan fingerprint density at radius 3 is 2.07 bits per heavy atom. The molecule has 1 aromatic heterocycles. The number of hydrogen-bond donors (Lipinski definition) is 10. The molecule has 2 saturated heterocycles. The molecule has 43 heavy (non-hydrogen) atoms. The van der Waals surface area contributed by atoms with Crippen LogP contribution in [0.5, 0.6) is 28.7 Å². The molecule has 0 spiro atoms. The van der Waals surface area contributed by atoms with E-state index in [0.717, 1.165) is 24.3 Å². The van der Waals surface area contributed by atoms with Crippen molar-refractivity contribution in [2.45, 2.75) is 68.3 Å². The van der Waals surface area contributed by atoms with E-state index in [9.17, 15) is 55.9 Å². The number of hydrogen-bond acceptors (Lipinski definition) is 16. The van der Waals surface area contributed by atoms with Gasteiger partial charge in [0, 0.05) is 17.7 Å². The molecular formula is C27H30O16. The zero-order chi connectivity index (χ0) is 31.3. The molecule has 234 valence electrons. The van der Waals surface area contributed by atoms with Gasteiger partial charge in [-0.05, 0) is 25.1 Å². The zero-order valence-electron chi connectivity index (χ0n) is 22.3. The van der Waals surface area contributed by atoms with Gasteiger partial charge in [0.05, 0.1) is 12.7 Å². The Balaban J connectivity index is 1.55. The maximum absolute atomic E-state index is 13.6. The summed E-state index contributed by atoms with van der Waals surface area (Å²) in [7, 11) is 0. The Morgan fingerprint density at radius 1 is 0.767 bits per heavy atom. The van der Waals surface area contributed by atoms with Crippen LogP contribution in [0.3, 0.4) is 0 Å². The van der Waals surface area contributed by atoms with Crippen molar-refractivity contribution >= 4 is 11.0 Å². The van der Waals surface area contributed by atoms with Gasteiger partial charge in [-0.25, -0.2) is 0 Å². The van der Waals surface area contributed by atoms with Crippen LogP contribution in [0, 0.1) is 0 Å². The predicted molar refractivity (Wildman–Crippen MR) is 140 cm³/mol. The maximum Gasteiger partial charge on any atom is 0.239 e. The summed E-state index contributed by atoms with van der Waals surface area (Å²) in [6.07, 6.45) is -15.8. The fourth-order valence-corrected chi connectivity index (χ4v) is 4.84. The third-order valence-corrected chi connectivity index (χ3v) is 7.27. The van der Waals surface area contributed by atoms with E-state index in [0.29, 0.717) is 0 Å². The number of aliphatic hydroxyl groups excluding tert-OH is 7. The Bertz CT molecular complexity index is 1540. The summed E-state index contributed by atoms with van der Waals surface area (Å²) in [5, 5.41) is 101. The third kappa shape index (κ3) is 5.55. The van der Waals surface area contributed by atoms with Gasteiger partial charge in [-0.1, -0.05) is 0 Å². The molecule has 16 nitrogen and oxygen atoms in total. The van der Waals surface area contributed by atoms with Crippen LogP contribution in [0.2, 0.25) is 0 Å². The second-order valence-electron chi connectivity index (χ2n) is 10.2. The molecular weight excluding hydrogens is 580 g/mol. The minimum Gasteiger partial charge on any atom is -0.508 e. The van der Waals surface area contributed by atoms with Gasteiger partial charge in [0.25, 0.3) is 0 Å². The van der Waals surface area contributed by atoms with Crippen LogP contribution in [0.25, 0.3) is 22.3 Å². The standard InChI is InChI=1S/C27H30O16/c1-8-17(32)20(35)22(37)26(39-8)43-25-19(34)16-12(31)5-10(29)6-14(16)40-24(25)9-2-3-13(11(30)4-9)41-27-23(38)21(36)18(33)15(7-28)42-27/h2-6,8,15,17-18,20-23,26-33,35-38H,7H2,1H3/t8-,15+,17-,18+,20+,21-,22+,23+,26-,27+/m0/s1. The molecule has 16 heteroatoms. The van der Waals surface area contributed by atoms with Crippen molar-refractivity contribution in [3.63, 3.8) is 0 Å². The van der Waals surface area contributed by atoms with Gasteiger partial charge in [-0.15, -0.1) is 0 Å². The lowest BCUT2D eigenvalue weighted by Crippen LogP contribution is -2.60. The number of aliphatic hydroxyl groups is 7. The largest absolute Gasteiger partial charge is 0.508 e. The van der Waals surface area contributed by atoms with Crippen molar-refractivity contribution < 1.29 is 74.4 Å². The normalized spacial score (nSPS) is 32.9. The van der Waals surface area contributed by atoms with E-state index in [4.69, 9.17) is 23.4 Å². The van der Waals surface area contributed by atoms with E-state index in [1.165, 1.54) is 13.0 Å². The number of rotatable bonds is 6. The SMILES string of the molecule is C[C@@H]1O[C@@H](Oc2c(-c3ccc(O[C@@H]4O[C@H](CO)[C@@H](O)[C@H](O)[C@H]4O)c(O)c3)oc3cc(O)cc(O)c3c2=O)[C@H](O)[C@H](O)[C@H]1O. The molecule has 0 amide bonds. The highest BCUT2D eigenvalue weighted by molar-refractivity contribution is 5.88. The average molecular weight is 611 g/mol. The molecule has 3 heterocycles. The fraction of sp³-hybridized carbons (Fsp3) is 0.444. The van der Waals surface area contributed by atoms with Crippen LogP contribution in [0.4, 0.5) is 0 Å². The predicted octanol–water partition coefficient (Wildman–Crippen LogP) is -2.04. The van der Waals surface area contributed by atoms with E-state index in [1.807, 2.05) is 0 Å². The lowest BCUT2D eigenvalue weighted by Gasteiger charge is -2.39. The Morgan fingerprint density at radius 2 is 1.42 bits per heavy atom. The van der Waals surface area contributed by atoms with E-state index in [2.05, 4.69) is 0 Å². The quantitative estimate of drug-likeness (QED) is 0.144. The molecule has 5 rings (SSSR count). The van der Waals surface area contributed by atoms with Crippen LogP contribution in [-0.2, 0) is 9.47 Å². The molecule has 0 unspecified atom stereocenters. The van der Waals surface area contributed by atoms with Crippen molar-refractivity contribution in [3.8, 4) is 40.1 Å². The van der Waals surface area contributed by atoms with Gasteiger partial charge in [-0.2, -0.15) is 0 Å². The first-order chi connectivity index (χ1) is 20.3. The maximum atomic E-state index is 13.6. The smallest absolute Gasteiger partial charge is 0.239 e. The first-order valence-corrected chi connectivity index (χ1v) is 13.0. The Kier molecular flexibility index (Phi) is 8.41. The summed E-state index contributed by atoms with van der Waals surface area (Å²) < 4.78 is 27.6. The highest BCUT2D eigenvalue weighted by Gasteiger charge is 2.46. The van der Waals surface area contributed by atoms with Crippen LogP contribution >= 0.6 is 0 Å². The second kappa shape index (κ2) is 11.8. The molecule has 3 aromatic rings. The topological polar surface area (TPSA) is 269 Å². The van der Waals surface area contributed by atoms with Gasteiger partial charge in [0.2, 0.25) is 23.8 Å². The number of aromatic hydroxyl groups is 3. The number of phenols is 3.